The lowest BCUT2D eigenvalue weighted by atomic mass is 9.82. The molecule has 13 heteroatoms. The summed E-state index contributed by atoms with van der Waals surface area (Å²) in [5, 5.41) is 8.87. The van der Waals surface area contributed by atoms with Crippen molar-refractivity contribution < 1.29 is 40.4 Å². The molecule has 1 N–H and O–H groups in total. The van der Waals surface area contributed by atoms with Gasteiger partial charge in [0.1, 0.15) is 10.1 Å². The first-order valence-electron chi connectivity index (χ1n) is 15.1. The minimum atomic E-state index is -4.68. The molecule has 0 atom stereocenters. The minimum Gasteiger partial charge on any atom is -0.748 e. The summed E-state index contributed by atoms with van der Waals surface area (Å²) in [6, 6.07) is 8.21. The van der Waals surface area contributed by atoms with Gasteiger partial charge in [-0.25, -0.2) is 21.4 Å². The van der Waals surface area contributed by atoms with Gasteiger partial charge in [-0.2, -0.15) is 0 Å². The van der Waals surface area contributed by atoms with Gasteiger partial charge in [-0.15, -0.1) is 0 Å². The van der Waals surface area contributed by atoms with Gasteiger partial charge in [0, 0.05) is 35.5 Å². The smallest absolute Gasteiger partial charge is 0.327 e. The Bertz CT molecular complexity index is 1840. The summed E-state index contributed by atoms with van der Waals surface area (Å²) in [6.07, 6.45) is 13.9. The van der Waals surface area contributed by atoms with Gasteiger partial charge in [0.15, 0.2) is 5.71 Å². The van der Waals surface area contributed by atoms with Gasteiger partial charge >= 0.3 is 11.8 Å². The lowest BCUT2D eigenvalue weighted by Crippen LogP contribution is -2.34. The van der Waals surface area contributed by atoms with Crippen molar-refractivity contribution in [3.05, 3.63) is 83.7 Å². The zero-order chi connectivity index (χ0) is 33.9. The molecule has 46 heavy (non-hydrogen) atoms. The Hall–Kier alpha value is -3.65. The van der Waals surface area contributed by atoms with Crippen molar-refractivity contribution >= 4 is 43.4 Å². The molecule has 0 unspecified atom stereocenters. The van der Waals surface area contributed by atoms with Gasteiger partial charge in [0.25, 0.3) is 0 Å². The van der Waals surface area contributed by atoms with Gasteiger partial charge in [0.05, 0.1) is 38.7 Å². The van der Waals surface area contributed by atoms with E-state index in [1.165, 1.54) is 12.1 Å². The normalized spacial score (nSPS) is 18.0. The second-order valence-corrected chi connectivity index (χ2v) is 15.5. The zero-order valence-corrected chi connectivity index (χ0v) is 28.1. The Morgan fingerprint density at radius 3 is 2.37 bits per heavy atom. The number of hydrogen-bond acceptors (Lipinski definition) is 9. The minimum absolute atomic E-state index is 0.0711. The average molecular weight is 671 g/mol. The number of anilines is 1. The first-order chi connectivity index (χ1) is 21.4. The highest BCUT2D eigenvalue weighted by Crippen LogP contribution is 2.48. The number of aliphatic carboxylic acids is 1. The molecule has 11 nitrogen and oxygen atoms in total. The summed E-state index contributed by atoms with van der Waals surface area (Å²) < 4.78 is 71.1. The van der Waals surface area contributed by atoms with Crippen LogP contribution in [0.5, 0.6) is 0 Å². The third-order valence-electron chi connectivity index (χ3n) is 8.53. The Morgan fingerprint density at radius 2 is 1.70 bits per heavy atom. The number of aliphatic imine (C=N–C) groups is 1. The number of nitrogens with zero attached hydrogens (tertiary/aromatic N) is 3. The van der Waals surface area contributed by atoms with E-state index in [1.807, 2.05) is 61.4 Å². The Balaban J connectivity index is 1.55. The fourth-order valence-corrected chi connectivity index (χ4v) is 7.00. The van der Waals surface area contributed by atoms with Crippen molar-refractivity contribution in [1.29, 1.82) is 0 Å². The molecule has 0 aliphatic carbocycles. The Labute approximate surface area is 271 Å². The quantitative estimate of drug-likeness (QED) is 0.130. The number of carboxylic acid groups (broad SMARTS) is 1. The van der Waals surface area contributed by atoms with Crippen LogP contribution < -0.4 is 9.47 Å². The maximum Gasteiger partial charge on any atom is 0.327 e. The number of aryl methyl sites for hydroxylation is 1. The molecule has 1 aromatic carbocycles. The lowest BCUT2D eigenvalue weighted by Gasteiger charge is -2.27. The highest BCUT2D eigenvalue weighted by Gasteiger charge is 2.42. The molecule has 0 fully saturated rings. The van der Waals surface area contributed by atoms with E-state index in [0.29, 0.717) is 17.7 Å². The third kappa shape index (κ3) is 8.00. The van der Waals surface area contributed by atoms with Gasteiger partial charge in [-0.1, -0.05) is 32.1 Å². The molecule has 2 aliphatic heterocycles. The molecular weight excluding hydrogens is 631 g/mol. The number of unbranched alkanes of at least 4 members (excludes halogenated alkanes) is 2. The van der Waals surface area contributed by atoms with E-state index >= 15 is 0 Å². The molecule has 0 bridgehead atoms. The van der Waals surface area contributed by atoms with Crippen LogP contribution in [-0.2, 0) is 42.4 Å². The number of allylic oxidation sites excluding steroid dienone is 6. The first kappa shape index (κ1) is 35.2. The fourth-order valence-electron chi connectivity index (χ4n) is 6.02. The van der Waals surface area contributed by atoms with Crippen molar-refractivity contribution in [2.75, 3.05) is 17.2 Å². The number of hydrogen-bond donors (Lipinski definition) is 1. The van der Waals surface area contributed by atoms with Crippen LogP contribution >= 0.6 is 0 Å². The monoisotopic (exact) mass is 670 g/mol. The van der Waals surface area contributed by atoms with E-state index in [4.69, 9.17) is 10.1 Å². The van der Waals surface area contributed by atoms with Crippen molar-refractivity contribution in [3.63, 3.8) is 0 Å². The van der Waals surface area contributed by atoms with Gasteiger partial charge in [-0.05, 0) is 92.6 Å². The van der Waals surface area contributed by atoms with E-state index in [2.05, 4.69) is 24.5 Å². The fraction of sp³-hybridized carbons (Fsp3) is 0.424. The van der Waals surface area contributed by atoms with Gasteiger partial charge in [-0.3, -0.25) is 4.79 Å². The molecule has 248 valence electrons. The van der Waals surface area contributed by atoms with Crippen LogP contribution in [0.4, 0.5) is 11.5 Å². The highest BCUT2D eigenvalue weighted by molar-refractivity contribution is 7.86. The number of carbonyl (C=O) groups is 1. The number of rotatable bonds is 14. The molecule has 0 radical (unpaired) electrons. The van der Waals surface area contributed by atoms with E-state index in [1.54, 1.807) is 6.07 Å². The number of fused-ring (bicyclic) bond motifs is 2. The largest absolute Gasteiger partial charge is 0.748 e. The SMILES string of the molecule is CC1(C)C(/C=C/C=C/C=C2\N(CCCS(=O)(=O)[O-])c3ccc(S(=O)(=O)[O-])cc3C2(C)C)=Nc2c1ccc[n+]2CCCCCC(=O)O. The maximum atomic E-state index is 11.7. The van der Waals surface area contributed by atoms with E-state index < -0.39 is 37.4 Å². The summed E-state index contributed by atoms with van der Waals surface area (Å²) in [7, 11) is -9.10. The van der Waals surface area contributed by atoms with Gasteiger partial charge in [0.2, 0.25) is 0 Å². The molecule has 2 aliphatic rings. The van der Waals surface area contributed by atoms with Crippen LogP contribution in [0.3, 0.4) is 0 Å². The summed E-state index contributed by atoms with van der Waals surface area (Å²) >= 11 is 0. The molecule has 0 spiro atoms. The summed E-state index contributed by atoms with van der Waals surface area (Å²) in [5.41, 5.74) is 2.94. The van der Waals surface area contributed by atoms with Crippen molar-refractivity contribution in [2.24, 2.45) is 4.99 Å². The molecule has 2 aromatic rings. The second kappa shape index (κ2) is 13.6. The average Bonchev–Trinajstić information content (AvgIpc) is 3.33. The predicted octanol–water partition coefficient (Wildman–Crippen LogP) is 4.62. The Morgan fingerprint density at radius 1 is 0.957 bits per heavy atom. The molecule has 0 saturated carbocycles. The van der Waals surface area contributed by atoms with E-state index in [0.717, 1.165) is 42.2 Å². The van der Waals surface area contributed by atoms with Crippen LogP contribution in [0.2, 0.25) is 0 Å². The lowest BCUT2D eigenvalue weighted by molar-refractivity contribution is -0.684. The predicted molar refractivity (Wildman–Crippen MR) is 173 cm³/mol. The molecular formula is C33H40N3O8S2-. The molecule has 3 heterocycles. The summed E-state index contributed by atoms with van der Waals surface area (Å²) in [4.78, 5) is 17.2. The topological polar surface area (TPSA) is 171 Å². The van der Waals surface area contributed by atoms with Crippen LogP contribution in [0.15, 0.2) is 82.5 Å². The zero-order valence-electron chi connectivity index (χ0n) is 26.5. The number of benzene rings is 1. The third-order valence-corrected chi connectivity index (χ3v) is 10.1. The first-order valence-corrected chi connectivity index (χ1v) is 18.1. The molecule has 0 amide bonds. The number of aromatic nitrogens is 1. The van der Waals surface area contributed by atoms with Crippen molar-refractivity contribution in [1.82, 2.24) is 0 Å². The molecule has 4 rings (SSSR count). The standard InChI is InChI=1S/C33H41N3O8S2/c1-32(2)25-13-11-20-35(19-10-6-9-16-30(37)38)31(25)34-28(32)14-7-5-8-15-29-33(3,4)26-23-24(46(42,43)44)17-18-27(26)36(29)21-12-22-45(39,40)41/h5,7-8,11,13-15,17-18,20,23H,6,9-10,12,16,19,21-22H2,1-4H3,(H2-,37,38,39,40,41,42,43,44)/p-1. The van der Waals surface area contributed by atoms with Crippen LogP contribution in [0.1, 0.15) is 70.9 Å². The van der Waals surface area contributed by atoms with Crippen LogP contribution in [-0.4, -0.2) is 55.0 Å². The summed E-state index contributed by atoms with van der Waals surface area (Å²) in [5.74, 6) is -0.434. The molecule has 1 aromatic heterocycles. The van der Waals surface area contributed by atoms with E-state index in [9.17, 15) is 30.7 Å². The van der Waals surface area contributed by atoms with Crippen LogP contribution in [0, 0.1) is 0 Å². The number of pyridine rings is 1. The van der Waals surface area contributed by atoms with Crippen LogP contribution in [0.25, 0.3) is 0 Å². The van der Waals surface area contributed by atoms with Crippen molar-refractivity contribution in [3.8, 4) is 0 Å². The second-order valence-electron chi connectivity index (χ2n) is 12.6. The van der Waals surface area contributed by atoms with Crippen molar-refractivity contribution in [2.45, 2.75) is 82.1 Å². The summed E-state index contributed by atoms with van der Waals surface area (Å²) in [6.45, 7) is 8.95. The Kier molecular flexibility index (Phi) is 10.4. The number of carboxylic acids is 1. The van der Waals surface area contributed by atoms with Gasteiger partial charge < -0.3 is 19.1 Å². The molecule has 0 saturated heterocycles. The van der Waals surface area contributed by atoms with E-state index in [-0.39, 0.29) is 29.7 Å². The maximum absolute atomic E-state index is 11.7. The highest BCUT2D eigenvalue weighted by atomic mass is 32.2.